The van der Waals surface area contributed by atoms with Crippen molar-refractivity contribution >= 4 is 22.9 Å². The smallest absolute Gasteiger partial charge is 0.308 e. The normalized spacial score (nSPS) is 20.2. The Hall–Kier alpha value is -0.510. The molecule has 0 bridgehead atoms. The zero-order valence-electron chi connectivity index (χ0n) is 8.29. The molecule has 0 atom stereocenters. The van der Waals surface area contributed by atoms with Gasteiger partial charge >= 0.3 is 5.24 Å². The summed E-state index contributed by atoms with van der Waals surface area (Å²) < 4.78 is 5.16. The highest BCUT2D eigenvalue weighted by Gasteiger charge is 2.37. The molecule has 1 aliphatic heterocycles. The molecule has 0 aromatic rings. The largest absolute Gasteiger partial charge is 0.480 e. The predicted octanol–water partition coefficient (Wildman–Crippen LogP) is 2.85. The Balaban J connectivity index is 2.48. The van der Waals surface area contributed by atoms with Crippen molar-refractivity contribution in [2.75, 3.05) is 6.61 Å². The van der Waals surface area contributed by atoms with Crippen LogP contribution in [-0.2, 0) is 4.74 Å². The predicted molar refractivity (Wildman–Crippen MR) is 55.4 cm³/mol. The Bertz CT molecular complexity index is 236. The molecule has 74 valence electrons. The molecule has 13 heavy (non-hydrogen) atoms. The summed E-state index contributed by atoms with van der Waals surface area (Å²) in [5.41, 5.74) is 0. The molecule has 0 saturated heterocycles. The molecule has 0 saturated carbocycles. The summed E-state index contributed by atoms with van der Waals surface area (Å²) in [5, 5.41) is -0.142. The first-order chi connectivity index (χ1) is 6.06. The highest BCUT2D eigenvalue weighted by molar-refractivity contribution is 8.15. The van der Waals surface area contributed by atoms with Crippen LogP contribution in [0.4, 0.5) is 4.79 Å². The van der Waals surface area contributed by atoms with Crippen LogP contribution >= 0.6 is 11.8 Å². The molecule has 4 heteroatoms. The van der Waals surface area contributed by atoms with E-state index in [0.717, 1.165) is 12.8 Å². The lowest BCUT2D eigenvalue weighted by atomic mass is 10.2. The minimum Gasteiger partial charge on any atom is -0.480 e. The van der Waals surface area contributed by atoms with E-state index in [1.807, 2.05) is 13.8 Å². The number of carbonyl (C=O) groups excluding carboxylic acids is 1. The molecule has 1 amide bonds. The molecule has 1 rings (SSSR count). The SMILES string of the molecule is CCCCOC1=NC(=O)SC1(C)C. The van der Waals surface area contributed by atoms with E-state index < -0.39 is 0 Å². The van der Waals surface area contributed by atoms with Gasteiger partial charge in [-0.2, -0.15) is 4.99 Å². The van der Waals surface area contributed by atoms with Crippen molar-refractivity contribution in [3.05, 3.63) is 0 Å². The Morgan fingerprint density at radius 1 is 1.54 bits per heavy atom. The van der Waals surface area contributed by atoms with Gasteiger partial charge in [0.2, 0.25) is 5.90 Å². The van der Waals surface area contributed by atoms with Gasteiger partial charge in [-0.25, -0.2) is 0 Å². The minimum atomic E-state index is -0.273. The number of thioether (sulfide) groups is 1. The van der Waals surface area contributed by atoms with E-state index in [1.54, 1.807) is 0 Å². The molecule has 0 unspecified atom stereocenters. The van der Waals surface area contributed by atoms with Crippen molar-refractivity contribution in [1.82, 2.24) is 0 Å². The number of nitrogens with zero attached hydrogens (tertiary/aromatic N) is 1. The van der Waals surface area contributed by atoms with E-state index in [1.165, 1.54) is 11.8 Å². The van der Waals surface area contributed by atoms with Gasteiger partial charge in [-0.15, -0.1) is 0 Å². The van der Waals surface area contributed by atoms with Gasteiger partial charge in [-0.3, -0.25) is 4.79 Å². The van der Waals surface area contributed by atoms with Crippen molar-refractivity contribution in [2.45, 2.75) is 38.4 Å². The van der Waals surface area contributed by atoms with E-state index in [-0.39, 0.29) is 9.99 Å². The topological polar surface area (TPSA) is 38.7 Å². The molecule has 1 heterocycles. The Labute approximate surface area is 82.9 Å². The van der Waals surface area contributed by atoms with Gasteiger partial charge in [0.15, 0.2) is 0 Å². The van der Waals surface area contributed by atoms with E-state index in [9.17, 15) is 4.79 Å². The maximum atomic E-state index is 11.0. The highest BCUT2D eigenvalue weighted by atomic mass is 32.2. The van der Waals surface area contributed by atoms with Crippen LogP contribution in [0.5, 0.6) is 0 Å². The van der Waals surface area contributed by atoms with Gasteiger partial charge in [0.25, 0.3) is 0 Å². The van der Waals surface area contributed by atoms with Gasteiger partial charge in [0, 0.05) is 0 Å². The highest BCUT2D eigenvalue weighted by Crippen LogP contribution is 2.34. The second-order valence-electron chi connectivity index (χ2n) is 3.50. The Morgan fingerprint density at radius 2 is 2.23 bits per heavy atom. The van der Waals surface area contributed by atoms with Crippen LogP contribution in [-0.4, -0.2) is 22.5 Å². The number of unbranched alkanes of at least 4 members (excludes halogenated alkanes) is 1. The molecule has 0 aromatic carbocycles. The first-order valence-electron chi connectivity index (χ1n) is 4.51. The van der Waals surface area contributed by atoms with Crippen LogP contribution in [0.25, 0.3) is 0 Å². The molecule has 0 spiro atoms. The average Bonchev–Trinajstić information content (AvgIpc) is 2.25. The van der Waals surface area contributed by atoms with Crippen molar-refractivity contribution in [3.63, 3.8) is 0 Å². The molecule has 0 radical (unpaired) electrons. The van der Waals surface area contributed by atoms with E-state index in [4.69, 9.17) is 4.74 Å². The Morgan fingerprint density at radius 3 is 2.69 bits per heavy atom. The lowest BCUT2D eigenvalue weighted by molar-refractivity contribution is 0.264. The van der Waals surface area contributed by atoms with Gasteiger partial charge in [-0.1, -0.05) is 13.3 Å². The summed E-state index contributed by atoms with van der Waals surface area (Å²) in [7, 11) is 0. The number of hydrogen-bond acceptors (Lipinski definition) is 3. The summed E-state index contributed by atoms with van der Waals surface area (Å²) >= 11 is 1.22. The summed E-state index contributed by atoms with van der Waals surface area (Å²) in [6.45, 7) is 6.66. The fourth-order valence-electron chi connectivity index (χ4n) is 1.02. The number of carbonyl (C=O) groups is 1. The maximum absolute atomic E-state index is 11.0. The first kappa shape index (κ1) is 10.6. The minimum absolute atomic E-state index is 0.142. The van der Waals surface area contributed by atoms with E-state index in [0.29, 0.717) is 12.5 Å². The molecule has 0 fully saturated rings. The van der Waals surface area contributed by atoms with Crippen LogP contribution in [0.1, 0.15) is 33.6 Å². The van der Waals surface area contributed by atoms with Crippen LogP contribution in [0, 0.1) is 0 Å². The van der Waals surface area contributed by atoms with E-state index in [2.05, 4.69) is 11.9 Å². The molecular formula is C9H15NO2S. The Kier molecular flexibility index (Phi) is 3.36. The van der Waals surface area contributed by atoms with Gasteiger partial charge < -0.3 is 4.74 Å². The number of ether oxygens (including phenoxy) is 1. The molecule has 3 nitrogen and oxygen atoms in total. The average molecular weight is 201 g/mol. The van der Waals surface area contributed by atoms with Crippen molar-refractivity contribution in [2.24, 2.45) is 4.99 Å². The quantitative estimate of drug-likeness (QED) is 0.659. The van der Waals surface area contributed by atoms with Crippen LogP contribution in [0.3, 0.4) is 0 Å². The lowest BCUT2D eigenvalue weighted by Crippen LogP contribution is -2.26. The van der Waals surface area contributed by atoms with Crippen LogP contribution < -0.4 is 0 Å². The summed E-state index contributed by atoms with van der Waals surface area (Å²) in [6.07, 6.45) is 2.10. The maximum Gasteiger partial charge on any atom is 0.308 e. The zero-order valence-corrected chi connectivity index (χ0v) is 9.11. The van der Waals surface area contributed by atoms with Crippen LogP contribution in [0.2, 0.25) is 0 Å². The first-order valence-corrected chi connectivity index (χ1v) is 5.33. The third-order valence-corrected chi connectivity index (χ3v) is 2.74. The van der Waals surface area contributed by atoms with Gasteiger partial charge in [0.1, 0.15) is 0 Å². The summed E-state index contributed by atoms with van der Waals surface area (Å²) in [6, 6.07) is 0. The number of hydrogen-bond donors (Lipinski definition) is 0. The summed E-state index contributed by atoms with van der Waals surface area (Å²) in [5.74, 6) is 0.580. The third-order valence-electron chi connectivity index (χ3n) is 1.79. The second kappa shape index (κ2) is 4.13. The zero-order chi connectivity index (χ0) is 9.90. The second-order valence-corrected chi connectivity index (χ2v) is 5.07. The van der Waals surface area contributed by atoms with Crippen LogP contribution in [0.15, 0.2) is 4.99 Å². The summed E-state index contributed by atoms with van der Waals surface area (Å²) in [4.78, 5) is 14.8. The molecule has 1 aliphatic rings. The molecule has 0 aromatic heterocycles. The fraction of sp³-hybridized carbons (Fsp3) is 0.778. The van der Waals surface area contributed by atoms with Gasteiger partial charge in [-0.05, 0) is 32.0 Å². The van der Waals surface area contributed by atoms with E-state index >= 15 is 0 Å². The monoisotopic (exact) mass is 201 g/mol. The van der Waals surface area contributed by atoms with Crippen molar-refractivity contribution in [1.29, 1.82) is 0 Å². The lowest BCUT2D eigenvalue weighted by Gasteiger charge is -2.17. The number of rotatable bonds is 3. The van der Waals surface area contributed by atoms with Crippen molar-refractivity contribution in [3.8, 4) is 0 Å². The molecular weight excluding hydrogens is 186 g/mol. The number of aliphatic imine (C=N–C) groups is 1. The van der Waals surface area contributed by atoms with Crippen molar-refractivity contribution < 1.29 is 9.53 Å². The van der Waals surface area contributed by atoms with Gasteiger partial charge in [0.05, 0.1) is 11.4 Å². The third kappa shape index (κ3) is 2.72. The standard InChI is InChI=1S/C9H15NO2S/c1-4-5-6-12-7-9(2,3)13-8(11)10-7/h4-6H2,1-3H3. The molecule has 0 N–H and O–H groups in total. The molecule has 0 aliphatic carbocycles. The fourth-order valence-corrected chi connectivity index (χ4v) is 1.78. The number of amides is 1.